The van der Waals surface area contributed by atoms with Crippen LogP contribution in [0.2, 0.25) is 5.02 Å². The summed E-state index contributed by atoms with van der Waals surface area (Å²) in [5.41, 5.74) is 6.10. The van der Waals surface area contributed by atoms with Gasteiger partial charge in [0.15, 0.2) is 0 Å². The summed E-state index contributed by atoms with van der Waals surface area (Å²) in [6.45, 7) is 4.58. The van der Waals surface area contributed by atoms with Crippen LogP contribution in [0, 0.1) is 13.8 Å². The van der Waals surface area contributed by atoms with Gasteiger partial charge in [-0.15, -0.1) is 10.2 Å². The highest BCUT2D eigenvalue weighted by molar-refractivity contribution is 6.30. The number of aryl methyl sites for hydroxylation is 2. The Morgan fingerprint density at radius 3 is 2.38 bits per heavy atom. The first-order chi connectivity index (χ1) is 15.5. The van der Waals surface area contributed by atoms with Crippen molar-refractivity contribution < 1.29 is 4.74 Å². The van der Waals surface area contributed by atoms with E-state index in [4.69, 9.17) is 21.4 Å². The zero-order valence-corrected chi connectivity index (χ0v) is 18.8. The fourth-order valence-corrected chi connectivity index (χ4v) is 4.00. The van der Waals surface area contributed by atoms with Crippen LogP contribution in [0.5, 0.6) is 5.75 Å². The third-order valence-corrected chi connectivity index (χ3v) is 5.77. The Bertz CT molecular complexity index is 1310. The smallest absolute Gasteiger partial charge is 0.252 e. The fraction of sp³-hybridized carbons (Fsp3) is 0.160. The van der Waals surface area contributed by atoms with Crippen LogP contribution in [-0.4, -0.2) is 27.6 Å². The number of hydrogen-bond donors (Lipinski definition) is 0. The molecule has 1 aliphatic rings. The van der Waals surface area contributed by atoms with Gasteiger partial charge in [0.2, 0.25) is 0 Å². The summed E-state index contributed by atoms with van der Waals surface area (Å²) in [4.78, 5) is 0. The van der Waals surface area contributed by atoms with Crippen molar-refractivity contribution in [2.24, 2.45) is 5.10 Å². The van der Waals surface area contributed by atoms with Crippen molar-refractivity contribution in [1.29, 1.82) is 0 Å². The third kappa shape index (κ3) is 3.63. The molecule has 4 aromatic rings. The molecule has 1 aliphatic heterocycles. The summed E-state index contributed by atoms with van der Waals surface area (Å²) in [7, 11) is 1.66. The predicted octanol–water partition coefficient (Wildman–Crippen LogP) is 5.32. The summed E-state index contributed by atoms with van der Waals surface area (Å²) in [5.74, 6) is 2.30. The molecule has 7 heteroatoms. The topological polar surface area (TPSA) is 55.5 Å². The van der Waals surface area contributed by atoms with Crippen LogP contribution in [-0.2, 0) is 6.54 Å². The summed E-state index contributed by atoms with van der Waals surface area (Å²) in [6, 6.07) is 22.1. The Balaban J connectivity index is 1.70. The van der Waals surface area contributed by atoms with Gasteiger partial charge in [0.05, 0.1) is 19.3 Å². The van der Waals surface area contributed by atoms with Crippen molar-refractivity contribution in [2.75, 3.05) is 12.1 Å². The van der Waals surface area contributed by atoms with Crippen LogP contribution >= 0.6 is 11.6 Å². The van der Waals surface area contributed by atoms with E-state index in [1.807, 2.05) is 60.5 Å². The molecule has 0 unspecified atom stereocenters. The van der Waals surface area contributed by atoms with Crippen LogP contribution in [0.3, 0.4) is 0 Å². The number of hydrazone groups is 1. The van der Waals surface area contributed by atoms with E-state index >= 15 is 0 Å². The van der Waals surface area contributed by atoms with Gasteiger partial charge in [-0.25, -0.2) is 5.01 Å². The number of halogens is 1. The minimum atomic E-state index is 0.534. The van der Waals surface area contributed by atoms with Crippen LogP contribution in [0.4, 0.5) is 5.95 Å². The Morgan fingerprint density at radius 1 is 0.906 bits per heavy atom. The number of nitrogens with zero attached hydrogens (tertiary/aromatic N) is 5. The SMILES string of the molecule is COc1ccc(CN2N=C(c3ccc(Cl)cc3)c3ccc(C)cc3-n3c(C)nnc32)cc1. The first-order valence-corrected chi connectivity index (χ1v) is 10.7. The first-order valence-electron chi connectivity index (χ1n) is 10.3. The molecule has 5 rings (SSSR count). The molecule has 0 aliphatic carbocycles. The lowest BCUT2D eigenvalue weighted by atomic mass is 9.99. The molecule has 0 amide bonds. The molecule has 0 N–H and O–H groups in total. The Labute approximate surface area is 191 Å². The fourth-order valence-electron chi connectivity index (χ4n) is 3.88. The van der Waals surface area contributed by atoms with Gasteiger partial charge in [-0.05, 0) is 55.3 Å². The van der Waals surface area contributed by atoms with Gasteiger partial charge in [-0.3, -0.25) is 4.57 Å². The molecule has 3 aromatic carbocycles. The van der Waals surface area contributed by atoms with E-state index in [9.17, 15) is 0 Å². The molecule has 2 heterocycles. The number of benzene rings is 3. The first kappa shape index (κ1) is 20.3. The minimum absolute atomic E-state index is 0.534. The van der Waals surface area contributed by atoms with Crippen molar-refractivity contribution in [3.05, 3.63) is 99.8 Å². The maximum absolute atomic E-state index is 6.16. The minimum Gasteiger partial charge on any atom is -0.497 e. The summed E-state index contributed by atoms with van der Waals surface area (Å²) in [6.07, 6.45) is 0. The standard InChI is InChI=1S/C25H22ClN5O/c1-16-4-13-22-23(14-16)31-17(2)27-28-25(31)30(15-18-5-11-21(32-3)12-6-18)29-24(22)19-7-9-20(26)10-8-19/h4-14H,15H2,1-3H3. The predicted molar refractivity (Wildman–Crippen MR) is 127 cm³/mol. The monoisotopic (exact) mass is 443 g/mol. The molecule has 0 spiro atoms. The molecule has 32 heavy (non-hydrogen) atoms. The largest absolute Gasteiger partial charge is 0.497 e. The Kier molecular flexibility index (Phi) is 5.15. The van der Waals surface area contributed by atoms with E-state index in [1.165, 1.54) is 0 Å². The number of ether oxygens (including phenoxy) is 1. The number of aromatic nitrogens is 3. The molecule has 0 radical (unpaired) electrons. The van der Waals surface area contributed by atoms with Crippen LogP contribution in [0.1, 0.15) is 28.1 Å². The number of hydrogen-bond acceptors (Lipinski definition) is 5. The Hall–Kier alpha value is -3.64. The average molecular weight is 444 g/mol. The van der Waals surface area contributed by atoms with Gasteiger partial charge in [-0.2, -0.15) is 5.10 Å². The molecular formula is C25H22ClN5O. The second kappa shape index (κ2) is 8.13. The molecule has 0 atom stereocenters. The lowest BCUT2D eigenvalue weighted by Crippen LogP contribution is -2.20. The second-order valence-electron chi connectivity index (χ2n) is 7.76. The van der Waals surface area contributed by atoms with E-state index in [1.54, 1.807) is 7.11 Å². The van der Waals surface area contributed by atoms with Crippen LogP contribution < -0.4 is 9.75 Å². The lowest BCUT2D eigenvalue weighted by Gasteiger charge is -2.18. The van der Waals surface area contributed by atoms with Gasteiger partial charge in [0.1, 0.15) is 17.3 Å². The van der Waals surface area contributed by atoms with Crippen molar-refractivity contribution in [1.82, 2.24) is 14.8 Å². The molecule has 0 saturated heterocycles. The highest BCUT2D eigenvalue weighted by Crippen LogP contribution is 2.31. The van der Waals surface area contributed by atoms with E-state index in [0.717, 1.165) is 45.2 Å². The summed E-state index contributed by atoms with van der Waals surface area (Å²) < 4.78 is 7.37. The van der Waals surface area contributed by atoms with Gasteiger partial charge in [-0.1, -0.05) is 48.0 Å². The molecule has 0 bridgehead atoms. The lowest BCUT2D eigenvalue weighted by molar-refractivity contribution is 0.414. The molecule has 160 valence electrons. The summed E-state index contributed by atoms with van der Waals surface area (Å²) >= 11 is 6.16. The zero-order valence-electron chi connectivity index (χ0n) is 18.1. The highest BCUT2D eigenvalue weighted by Gasteiger charge is 2.26. The van der Waals surface area contributed by atoms with E-state index in [0.29, 0.717) is 17.5 Å². The van der Waals surface area contributed by atoms with Crippen molar-refractivity contribution >= 4 is 23.3 Å². The van der Waals surface area contributed by atoms with E-state index < -0.39 is 0 Å². The van der Waals surface area contributed by atoms with Crippen LogP contribution in [0.25, 0.3) is 5.69 Å². The Morgan fingerprint density at radius 2 is 1.66 bits per heavy atom. The van der Waals surface area contributed by atoms with Gasteiger partial charge >= 0.3 is 0 Å². The zero-order chi connectivity index (χ0) is 22.2. The summed E-state index contributed by atoms with van der Waals surface area (Å²) in [5, 5.41) is 16.5. The maximum Gasteiger partial charge on any atom is 0.252 e. The quantitative estimate of drug-likeness (QED) is 0.428. The van der Waals surface area contributed by atoms with Crippen molar-refractivity contribution in [3.8, 4) is 11.4 Å². The van der Waals surface area contributed by atoms with Gasteiger partial charge < -0.3 is 4.74 Å². The maximum atomic E-state index is 6.16. The number of anilines is 1. The van der Waals surface area contributed by atoms with E-state index in [2.05, 4.69) is 39.9 Å². The molecule has 1 aromatic heterocycles. The number of methoxy groups -OCH3 is 1. The van der Waals surface area contributed by atoms with Gasteiger partial charge in [0, 0.05) is 16.1 Å². The third-order valence-electron chi connectivity index (χ3n) is 5.52. The normalized spacial score (nSPS) is 12.6. The second-order valence-corrected chi connectivity index (χ2v) is 8.20. The molecule has 0 saturated carbocycles. The number of fused-ring (bicyclic) bond motifs is 3. The van der Waals surface area contributed by atoms with Crippen LogP contribution in [0.15, 0.2) is 71.8 Å². The average Bonchev–Trinajstić information content (AvgIpc) is 3.13. The molecule has 6 nitrogen and oxygen atoms in total. The van der Waals surface area contributed by atoms with Crippen molar-refractivity contribution in [3.63, 3.8) is 0 Å². The molecule has 0 fully saturated rings. The molecular weight excluding hydrogens is 422 g/mol. The number of rotatable bonds is 4. The highest BCUT2D eigenvalue weighted by atomic mass is 35.5. The van der Waals surface area contributed by atoms with E-state index in [-0.39, 0.29) is 0 Å². The van der Waals surface area contributed by atoms with Crippen molar-refractivity contribution in [2.45, 2.75) is 20.4 Å². The van der Waals surface area contributed by atoms with Gasteiger partial charge in [0.25, 0.3) is 5.95 Å².